The van der Waals surface area contributed by atoms with Crippen molar-refractivity contribution in [1.29, 1.82) is 0 Å². The molecule has 50 heavy (non-hydrogen) atoms. The van der Waals surface area contributed by atoms with E-state index in [1.165, 1.54) is 0 Å². The van der Waals surface area contributed by atoms with Crippen LogP contribution in [0.5, 0.6) is 0 Å². The summed E-state index contributed by atoms with van der Waals surface area (Å²) in [6.07, 6.45) is 1.90. The Hall–Kier alpha value is -6.71. The van der Waals surface area contributed by atoms with Gasteiger partial charge in [-0.2, -0.15) is 0 Å². The van der Waals surface area contributed by atoms with Crippen molar-refractivity contribution < 1.29 is 0 Å². The third-order valence-corrected chi connectivity index (χ3v) is 9.29. The van der Waals surface area contributed by atoms with Gasteiger partial charge in [0.25, 0.3) is 0 Å². The molecular formula is C47H31N3. The maximum atomic E-state index is 5.18. The Bertz CT molecular complexity index is 2260. The van der Waals surface area contributed by atoms with Crippen LogP contribution in [0.4, 0.5) is 0 Å². The molecule has 3 heterocycles. The van der Waals surface area contributed by atoms with E-state index in [-0.39, 0.29) is 0 Å². The van der Waals surface area contributed by atoms with E-state index < -0.39 is 0 Å². The van der Waals surface area contributed by atoms with Gasteiger partial charge in [0.05, 0.1) is 28.3 Å². The number of hydrogen-bond donors (Lipinski definition) is 0. The van der Waals surface area contributed by atoms with Crippen LogP contribution in [0.1, 0.15) is 0 Å². The smallest absolute Gasteiger partial charge is 0.0793 e. The van der Waals surface area contributed by atoms with Gasteiger partial charge in [0.2, 0.25) is 0 Å². The van der Waals surface area contributed by atoms with Crippen molar-refractivity contribution in [2.75, 3.05) is 0 Å². The SMILES string of the molecule is c1ccc(-c2cc(-c3c4ccccc4c(-c4cc(-c5ccccc5)nc(-c5ccccc5)c4)c4ncccc34)cc(-c3ccccc3)n2)cc1. The Kier molecular flexibility index (Phi) is 7.49. The van der Waals surface area contributed by atoms with Gasteiger partial charge in [0.1, 0.15) is 0 Å². The second kappa shape index (κ2) is 12.7. The Morgan fingerprint density at radius 2 is 0.620 bits per heavy atom. The molecule has 0 aliphatic rings. The Labute approximate surface area is 291 Å². The molecule has 3 aromatic heterocycles. The molecule has 3 heteroatoms. The van der Waals surface area contributed by atoms with Gasteiger partial charge in [-0.05, 0) is 57.8 Å². The molecule has 3 nitrogen and oxygen atoms in total. The zero-order valence-electron chi connectivity index (χ0n) is 27.2. The van der Waals surface area contributed by atoms with Gasteiger partial charge >= 0.3 is 0 Å². The quantitative estimate of drug-likeness (QED) is 0.170. The van der Waals surface area contributed by atoms with E-state index in [9.17, 15) is 0 Å². The molecule has 0 unspecified atom stereocenters. The summed E-state index contributed by atoms with van der Waals surface area (Å²) in [6.45, 7) is 0. The molecule has 0 bridgehead atoms. The third kappa shape index (κ3) is 5.41. The largest absolute Gasteiger partial charge is 0.256 e. The lowest BCUT2D eigenvalue weighted by atomic mass is 9.87. The fourth-order valence-electron chi connectivity index (χ4n) is 6.98. The minimum Gasteiger partial charge on any atom is -0.256 e. The first-order valence-electron chi connectivity index (χ1n) is 16.9. The van der Waals surface area contributed by atoms with Crippen molar-refractivity contribution in [3.05, 3.63) is 188 Å². The lowest BCUT2D eigenvalue weighted by Gasteiger charge is -2.19. The van der Waals surface area contributed by atoms with E-state index in [0.29, 0.717) is 0 Å². The van der Waals surface area contributed by atoms with E-state index in [0.717, 1.165) is 89.0 Å². The molecule has 0 fully saturated rings. The standard InChI is InChI=1S/C47H31N3/c1-5-16-32(17-6-1)41-28-36(29-42(49-41)33-18-7-2-8-19-33)45-38-24-13-14-25-39(38)46(47-40(45)26-15-27-48-47)37-30-43(34-20-9-3-10-21-34)50-44(31-37)35-22-11-4-12-23-35/h1-31H. The van der Waals surface area contributed by atoms with Crippen LogP contribution in [-0.4, -0.2) is 15.0 Å². The molecular weight excluding hydrogens is 607 g/mol. The predicted molar refractivity (Wildman–Crippen MR) is 207 cm³/mol. The normalized spacial score (nSPS) is 11.2. The number of fused-ring (bicyclic) bond motifs is 2. The van der Waals surface area contributed by atoms with Crippen LogP contribution in [0, 0.1) is 0 Å². The topological polar surface area (TPSA) is 38.7 Å². The van der Waals surface area contributed by atoms with E-state index in [1.54, 1.807) is 0 Å². The van der Waals surface area contributed by atoms with Gasteiger partial charge in [-0.15, -0.1) is 0 Å². The van der Waals surface area contributed by atoms with Crippen molar-refractivity contribution in [2.45, 2.75) is 0 Å². The zero-order valence-corrected chi connectivity index (χ0v) is 27.2. The zero-order chi connectivity index (χ0) is 33.3. The first-order chi connectivity index (χ1) is 24.8. The van der Waals surface area contributed by atoms with Crippen LogP contribution in [0.25, 0.3) is 89.0 Å². The second-order valence-electron chi connectivity index (χ2n) is 12.4. The molecule has 0 radical (unpaired) electrons. The summed E-state index contributed by atoms with van der Waals surface area (Å²) in [4.78, 5) is 15.5. The molecule has 9 rings (SSSR count). The molecule has 0 saturated carbocycles. The fourth-order valence-corrected chi connectivity index (χ4v) is 6.98. The molecule has 0 N–H and O–H groups in total. The molecule has 0 saturated heterocycles. The van der Waals surface area contributed by atoms with Crippen molar-refractivity contribution in [3.63, 3.8) is 0 Å². The number of benzene rings is 6. The third-order valence-electron chi connectivity index (χ3n) is 9.29. The molecule has 0 atom stereocenters. The first-order valence-corrected chi connectivity index (χ1v) is 16.9. The van der Waals surface area contributed by atoms with Crippen molar-refractivity contribution in [2.24, 2.45) is 0 Å². The van der Waals surface area contributed by atoms with Crippen LogP contribution >= 0.6 is 0 Å². The molecule has 234 valence electrons. The van der Waals surface area contributed by atoms with Crippen LogP contribution < -0.4 is 0 Å². The average Bonchev–Trinajstić information content (AvgIpc) is 3.21. The monoisotopic (exact) mass is 637 g/mol. The van der Waals surface area contributed by atoms with E-state index in [1.807, 2.05) is 36.5 Å². The van der Waals surface area contributed by atoms with Crippen molar-refractivity contribution in [1.82, 2.24) is 15.0 Å². The summed E-state index contributed by atoms with van der Waals surface area (Å²) in [7, 11) is 0. The highest BCUT2D eigenvalue weighted by atomic mass is 14.7. The van der Waals surface area contributed by atoms with Crippen molar-refractivity contribution >= 4 is 21.7 Å². The summed E-state index contributed by atoms with van der Waals surface area (Å²) in [6, 6.07) is 63.5. The number of aromatic nitrogens is 3. The Morgan fingerprint density at radius 1 is 0.280 bits per heavy atom. The van der Waals surface area contributed by atoms with Gasteiger partial charge < -0.3 is 0 Å². The van der Waals surface area contributed by atoms with Crippen LogP contribution in [0.15, 0.2) is 188 Å². The van der Waals surface area contributed by atoms with Gasteiger partial charge in [-0.1, -0.05) is 152 Å². The second-order valence-corrected chi connectivity index (χ2v) is 12.4. The van der Waals surface area contributed by atoms with Crippen LogP contribution in [0.3, 0.4) is 0 Å². The van der Waals surface area contributed by atoms with Crippen molar-refractivity contribution in [3.8, 4) is 67.3 Å². The predicted octanol–water partition coefficient (Wildman–Crippen LogP) is 12.2. The van der Waals surface area contributed by atoms with Crippen LogP contribution in [-0.2, 0) is 0 Å². The highest BCUT2D eigenvalue weighted by Crippen LogP contribution is 2.45. The molecule has 0 spiro atoms. The van der Waals surface area contributed by atoms with Gasteiger partial charge in [0.15, 0.2) is 0 Å². The maximum absolute atomic E-state index is 5.18. The maximum Gasteiger partial charge on any atom is 0.0793 e. The van der Waals surface area contributed by atoms with E-state index in [4.69, 9.17) is 15.0 Å². The molecule has 6 aromatic carbocycles. The summed E-state index contributed by atoms with van der Waals surface area (Å²) >= 11 is 0. The summed E-state index contributed by atoms with van der Waals surface area (Å²) < 4.78 is 0. The molecule has 0 amide bonds. The molecule has 0 aliphatic heterocycles. The van der Waals surface area contributed by atoms with Gasteiger partial charge in [0, 0.05) is 39.4 Å². The first kappa shape index (κ1) is 29.4. The Balaban J connectivity index is 1.35. The van der Waals surface area contributed by atoms with E-state index >= 15 is 0 Å². The molecule has 0 aliphatic carbocycles. The average molecular weight is 638 g/mol. The number of rotatable bonds is 6. The van der Waals surface area contributed by atoms with Crippen LogP contribution in [0.2, 0.25) is 0 Å². The highest BCUT2D eigenvalue weighted by Gasteiger charge is 2.20. The summed E-state index contributed by atoms with van der Waals surface area (Å²) in [5.41, 5.74) is 13.4. The summed E-state index contributed by atoms with van der Waals surface area (Å²) in [5.74, 6) is 0. The fraction of sp³-hybridized carbons (Fsp3) is 0. The summed E-state index contributed by atoms with van der Waals surface area (Å²) in [5, 5.41) is 3.38. The minimum absolute atomic E-state index is 0.924. The number of pyridine rings is 3. The van der Waals surface area contributed by atoms with Gasteiger partial charge in [-0.3, -0.25) is 4.98 Å². The number of nitrogens with zero attached hydrogens (tertiary/aromatic N) is 3. The molecule has 9 aromatic rings. The minimum atomic E-state index is 0.924. The Morgan fingerprint density at radius 3 is 1.04 bits per heavy atom. The highest BCUT2D eigenvalue weighted by molar-refractivity contribution is 6.20. The lowest BCUT2D eigenvalue weighted by molar-refractivity contribution is 1.32. The van der Waals surface area contributed by atoms with Gasteiger partial charge in [-0.25, -0.2) is 9.97 Å². The number of hydrogen-bond acceptors (Lipinski definition) is 3. The van der Waals surface area contributed by atoms with E-state index in [2.05, 4.69) is 152 Å². The lowest BCUT2D eigenvalue weighted by Crippen LogP contribution is -1.96.